The molecule has 3 aromatic rings. The number of carbonyl (C=O) groups excluding carboxylic acids is 1. The van der Waals surface area contributed by atoms with Crippen molar-refractivity contribution < 1.29 is 22.4 Å². The molecular formula is C15H15N3O6S2. The summed E-state index contributed by atoms with van der Waals surface area (Å²) in [6.45, 7) is 5.07. The van der Waals surface area contributed by atoms with E-state index in [9.17, 15) is 18.0 Å². The monoisotopic (exact) mass is 397 g/mol. The van der Waals surface area contributed by atoms with E-state index in [4.69, 9.17) is 9.15 Å². The molecule has 0 unspecified atom stereocenters. The van der Waals surface area contributed by atoms with E-state index < -0.39 is 21.7 Å². The molecule has 0 saturated carbocycles. The average molecular weight is 397 g/mol. The normalized spacial score (nSPS) is 11.7. The van der Waals surface area contributed by atoms with Crippen LogP contribution in [0.2, 0.25) is 0 Å². The lowest BCUT2D eigenvalue weighted by Gasteiger charge is -2.08. The maximum atomic E-state index is 12.7. The van der Waals surface area contributed by atoms with Gasteiger partial charge in [-0.1, -0.05) is 11.3 Å². The standard InChI is InChI=1S/C15H15N3O6S2/c1-4-23-13(19)12-8(3)16-14(25-12)18-26(21,22)11-6-10-9(5-7(11)2)17-15(20)24-10/h5-6H,4H2,1-3H3,(H,16,18)(H,17,20). The predicted octanol–water partition coefficient (Wildman–Crippen LogP) is 2.17. The van der Waals surface area contributed by atoms with E-state index in [-0.39, 0.29) is 27.1 Å². The third kappa shape index (κ3) is 3.35. The van der Waals surface area contributed by atoms with Crippen molar-refractivity contribution in [1.82, 2.24) is 9.97 Å². The Kier molecular flexibility index (Phi) is 4.59. The summed E-state index contributed by atoms with van der Waals surface area (Å²) in [5.74, 6) is -1.23. The Morgan fingerprint density at radius 1 is 1.38 bits per heavy atom. The smallest absolute Gasteiger partial charge is 0.417 e. The van der Waals surface area contributed by atoms with Crippen molar-refractivity contribution in [2.75, 3.05) is 11.3 Å². The Balaban J connectivity index is 1.97. The number of oxazole rings is 1. The van der Waals surface area contributed by atoms with Crippen molar-refractivity contribution in [2.45, 2.75) is 25.7 Å². The summed E-state index contributed by atoms with van der Waals surface area (Å²) in [4.78, 5) is 29.8. The van der Waals surface area contributed by atoms with Gasteiger partial charge in [0.25, 0.3) is 10.0 Å². The number of nitrogens with one attached hydrogen (secondary N) is 2. The SMILES string of the molecule is CCOC(=O)c1sc(NS(=O)(=O)c2cc3oc(=O)[nH]c3cc2C)nc1C. The molecule has 1 aromatic carbocycles. The van der Waals surface area contributed by atoms with Crippen LogP contribution in [0.25, 0.3) is 11.1 Å². The van der Waals surface area contributed by atoms with Gasteiger partial charge in [0.05, 0.1) is 22.7 Å². The molecule has 26 heavy (non-hydrogen) atoms. The van der Waals surface area contributed by atoms with Crippen LogP contribution in [0.15, 0.2) is 26.2 Å². The lowest BCUT2D eigenvalue weighted by atomic mass is 10.2. The molecule has 0 atom stereocenters. The second kappa shape index (κ2) is 6.57. The number of carbonyl (C=O) groups is 1. The quantitative estimate of drug-likeness (QED) is 0.631. The summed E-state index contributed by atoms with van der Waals surface area (Å²) in [7, 11) is -4.00. The minimum absolute atomic E-state index is 0.0422. The zero-order valence-corrected chi connectivity index (χ0v) is 15.7. The fourth-order valence-electron chi connectivity index (χ4n) is 2.37. The predicted molar refractivity (Wildman–Crippen MR) is 95.2 cm³/mol. The lowest BCUT2D eigenvalue weighted by molar-refractivity contribution is 0.0531. The van der Waals surface area contributed by atoms with Gasteiger partial charge in [-0.2, -0.15) is 0 Å². The van der Waals surface area contributed by atoms with Crippen molar-refractivity contribution in [3.8, 4) is 0 Å². The summed E-state index contributed by atoms with van der Waals surface area (Å²) in [6.07, 6.45) is 0. The van der Waals surface area contributed by atoms with Crippen LogP contribution in [0, 0.1) is 13.8 Å². The summed E-state index contributed by atoms with van der Waals surface area (Å²) in [5.41, 5.74) is 1.32. The lowest BCUT2D eigenvalue weighted by Crippen LogP contribution is -2.14. The van der Waals surface area contributed by atoms with Crippen LogP contribution >= 0.6 is 11.3 Å². The molecule has 0 amide bonds. The maximum absolute atomic E-state index is 12.7. The number of hydrogen-bond donors (Lipinski definition) is 2. The first-order valence-corrected chi connectivity index (χ1v) is 9.82. The van der Waals surface area contributed by atoms with Gasteiger partial charge in [0.1, 0.15) is 4.88 Å². The van der Waals surface area contributed by atoms with Gasteiger partial charge in [0.2, 0.25) is 0 Å². The molecule has 2 aromatic heterocycles. The largest absolute Gasteiger partial charge is 0.462 e. The first-order valence-electron chi connectivity index (χ1n) is 7.52. The number of aromatic nitrogens is 2. The van der Waals surface area contributed by atoms with Crippen LogP contribution in [0.1, 0.15) is 27.9 Å². The zero-order chi connectivity index (χ0) is 19.1. The third-order valence-corrected chi connectivity index (χ3v) is 6.15. The van der Waals surface area contributed by atoms with Crippen LogP contribution in [0.4, 0.5) is 5.13 Å². The number of hydrogen-bond acceptors (Lipinski definition) is 8. The molecule has 138 valence electrons. The van der Waals surface area contributed by atoms with E-state index >= 15 is 0 Å². The first kappa shape index (κ1) is 18.1. The van der Waals surface area contributed by atoms with E-state index in [1.54, 1.807) is 20.8 Å². The van der Waals surface area contributed by atoms with Crippen molar-refractivity contribution in [3.63, 3.8) is 0 Å². The number of esters is 1. The molecule has 0 radical (unpaired) electrons. The van der Waals surface area contributed by atoms with Gasteiger partial charge in [0, 0.05) is 6.07 Å². The fraction of sp³-hybridized carbons (Fsp3) is 0.267. The molecule has 0 bridgehead atoms. The van der Waals surface area contributed by atoms with Crippen LogP contribution < -0.4 is 10.5 Å². The van der Waals surface area contributed by atoms with Crippen molar-refractivity contribution in [2.24, 2.45) is 0 Å². The van der Waals surface area contributed by atoms with E-state index in [0.717, 1.165) is 11.3 Å². The summed E-state index contributed by atoms with van der Waals surface area (Å²) in [6, 6.07) is 2.77. The number of aryl methyl sites for hydroxylation is 2. The second-order valence-electron chi connectivity index (χ2n) is 5.39. The minimum Gasteiger partial charge on any atom is -0.462 e. The van der Waals surface area contributed by atoms with Gasteiger partial charge in [-0.15, -0.1) is 0 Å². The molecular weight excluding hydrogens is 382 g/mol. The summed E-state index contributed by atoms with van der Waals surface area (Å²) in [5, 5.41) is 0.0422. The fourth-order valence-corrected chi connectivity index (χ4v) is 4.71. The van der Waals surface area contributed by atoms with Gasteiger partial charge in [-0.3, -0.25) is 9.71 Å². The number of ether oxygens (including phenoxy) is 1. The van der Waals surface area contributed by atoms with Crippen LogP contribution in [0.5, 0.6) is 0 Å². The molecule has 3 rings (SSSR count). The number of nitrogens with zero attached hydrogens (tertiary/aromatic N) is 1. The van der Waals surface area contributed by atoms with Crippen LogP contribution in [0.3, 0.4) is 0 Å². The number of thiazole rings is 1. The topological polar surface area (TPSA) is 131 Å². The number of anilines is 1. The number of sulfonamides is 1. The van der Waals surface area contributed by atoms with E-state index in [1.165, 1.54) is 12.1 Å². The van der Waals surface area contributed by atoms with E-state index in [1.807, 2.05) is 0 Å². The van der Waals surface area contributed by atoms with Crippen molar-refractivity contribution in [1.29, 1.82) is 0 Å². The highest BCUT2D eigenvalue weighted by Crippen LogP contribution is 2.28. The molecule has 11 heteroatoms. The van der Waals surface area contributed by atoms with Gasteiger partial charge < -0.3 is 9.15 Å². The molecule has 0 saturated heterocycles. The second-order valence-corrected chi connectivity index (χ2v) is 8.04. The number of rotatable bonds is 5. The number of benzene rings is 1. The molecule has 2 heterocycles. The first-order chi connectivity index (χ1) is 12.2. The van der Waals surface area contributed by atoms with Gasteiger partial charge in [-0.25, -0.2) is 23.0 Å². The summed E-state index contributed by atoms with van der Waals surface area (Å²) >= 11 is 0.887. The molecule has 0 aliphatic carbocycles. The highest BCUT2D eigenvalue weighted by molar-refractivity contribution is 7.93. The molecule has 2 N–H and O–H groups in total. The minimum atomic E-state index is -4.00. The number of H-pyrrole nitrogens is 1. The van der Waals surface area contributed by atoms with Crippen molar-refractivity contribution >= 4 is 43.6 Å². The molecule has 0 spiro atoms. The Labute approximate surface area is 152 Å². The zero-order valence-electron chi connectivity index (χ0n) is 14.1. The van der Waals surface area contributed by atoms with E-state index in [2.05, 4.69) is 14.7 Å². The Hall–Kier alpha value is -2.66. The summed E-state index contributed by atoms with van der Waals surface area (Å²) < 4.78 is 37.6. The molecule has 0 aliphatic heterocycles. The Morgan fingerprint density at radius 2 is 2.12 bits per heavy atom. The molecule has 9 nitrogen and oxygen atoms in total. The van der Waals surface area contributed by atoms with Crippen LogP contribution in [-0.2, 0) is 14.8 Å². The molecule has 0 fully saturated rings. The van der Waals surface area contributed by atoms with E-state index in [0.29, 0.717) is 16.8 Å². The maximum Gasteiger partial charge on any atom is 0.417 e. The van der Waals surface area contributed by atoms with Gasteiger partial charge in [-0.05, 0) is 32.4 Å². The highest BCUT2D eigenvalue weighted by Gasteiger charge is 2.23. The van der Waals surface area contributed by atoms with Gasteiger partial charge >= 0.3 is 11.7 Å². The highest BCUT2D eigenvalue weighted by atomic mass is 32.2. The Morgan fingerprint density at radius 3 is 2.81 bits per heavy atom. The Bertz CT molecular complexity index is 1160. The molecule has 0 aliphatic rings. The van der Waals surface area contributed by atoms with Gasteiger partial charge in [0.15, 0.2) is 10.7 Å². The average Bonchev–Trinajstić information content (AvgIpc) is 3.07. The van der Waals surface area contributed by atoms with Crippen LogP contribution in [-0.4, -0.2) is 31.0 Å². The van der Waals surface area contributed by atoms with Crippen molar-refractivity contribution in [3.05, 3.63) is 38.8 Å². The number of aromatic amines is 1. The number of fused-ring (bicyclic) bond motifs is 1. The third-order valence-electron chi connectivity index (χ3n) is 3.49.